The minimum absolute atomic E-state index is 0.00343. The first-order valence-corrected chi connectivity index (χ1v) is 8.79. The fourth-order valence-electron chi connectivity index (χ4n) is 2.93. The van der Waals surface area contributed by atoms with Crippen LogP contribution in [0, 0.1) is 5.92 Å². The van der Waals surface area contributed by atoms with E-state index in [1.54, 1.807) is 4.68 Å². The summed E-state index contributed by atoms with van der Waals surface area (Å²) in [5.74, 6) is 0.131. The number of anilines is 2. The van der Waals surface area contributed by atoms with Crippen molar-refractivity contribution in [2.24, 2.45) is 13.0 Å². The molecule has 7 nitrogen and oxygen atoms in total. The monoisotopic (exact) mass is 355 g/mol. The Bertz CT molecular complexity index is 976. The Hall–Kier alpha value is -2.74. The maximum Gasteiger partial charge on any atom is 0.228 e. The number of hydrogen-bond acceptors (Lipinski definition) is 5. The normalized spacial score (nSPS) is 19.0. The van der Waals surface area contributed by atoms with Crippen molar-refractivity contribution in [2.75, 3.05) is 10.6 Å². The molecule has 2 amide bonds. The Morgan fingerprint density at radius 3 is 2.88 bits per heavy atom. The second-order valence-electron chi connectivity index (χ2n) is 6.27. The van der Waals surface area contributed by atoms with Crippen LogP contribution in [0.1, 0.15) is 24.8 Å². The number of nitrogens with one attached hydrogen (secondary N) is 2. The molecule has 2 N–H and O–H groups in total. The first-order valence-electron chi connectivity index (χ1n) is 7.97. The van der Waals surface area contributed by atoms with Gasteiger partial charge in [0.2, 0.25) is 11.8 Å². The first kappa shape index (κ1) is 15.8. The van der Waals surface area contributed by atoms with E-state index in [2.05, 4.69) is 20.7 Å². The van der Waals surface area contributed by atoms with Crippen molar-refractivity contribution in [1.29, 1.82) is 0 Å². The van der Waals surface area contributed by atoms with Crippen LogP contribution in [0.5, 0.6) is 0 Å². The van der Waals surface area contributed by atoms with Gasteiger partial charge in [0.25, 0.3) is 0 Å². The van der Waals surface area contributed by atoms with Crippen molar-refractivity contribution in [1.82, 2.24) is 14.8 Å². The van der Waals surface area contributed by atoms with Gasteiger partial charge in [0.05, 0.1) is 16.4 Å². The van der Waals surface area contributed by atoms with Crippen LogP contribution in [0.3, 0.4) is 0 Å². The SMILES string of the molecule is CC(=O)Nc1nc2ccc(NC(=O)C3CC3c3cnn(C)c3)cc2s1. The fraction of sp³-hybridized carbons (Fsp3) is 0.294. The third kappa shape index (κ3) is 3.25. The quantitative estimate of drug-likeness (QED) is 0.753. The summed E-state index contributed by atoms with van der Waals surface area (Å²) in [4.78, 5) is 27.9. The molecule has 128 valence electrons. The zero-order valence-electron chi connectivity index (χ0n) is 13.8. The van der Waals surface area contributed by atoms with E-state index >= 15 is 0 Å². The molecular formula is C17H17N5O2S. The number of hydrogen-bond donors (Lipinski definition) is 2. The number of fused-ring (bicyclic) bond motifs is 1. The summed E-state index contributed by atoms with van der Waals surface area (Å²) < 4.78 is 2.67. The predicted molar refractivity (Wildman–Crippen MR) is 96.6 cm³/mol. The summed E-state index contributed by atoms with van der Waals surface area (Å²) in [6.07, 6.45) is 4.64. The van der Waals surface area contributed by atoms with Crippen LogP contribution < -0.4 is 10.6 Å². The number of carbonyl (C=O) groups is 2. The maximum atomic E-state index is 12.4. The number of aryl methyl sites for hydroxylation is 1. The summed E-state index contributed by atoms with van der Waals surface area (Å²) in [7, 11) is 1.88. The van der Waals surface area contributed by atoms with Crippen molar-refractivity contribution in [2.45, 2.75) is 19.3 Å². The molecule has 0 radical (unpaired) electrons. The van der Waals surface area contributed by atoms with E-state index in [9.17, 15) is 9.59 Å². The number of nitrogens with zero attached hydrogens (tertiary/aromatic N) is 3. The smallest absolute Gasteiger partial charge is 0.228 e. The lowest BCUT2D eigenvalue weighted by molar-refractivity contribution is -0.117. The van der Waals surface area contributed by atoms with E-state index in [0.29, 0.717) is 5.13 Å². The molecule has 1 aliphatic carbocycles. The van der Waals surface area contributed by atoms with Crippen LogP contribution in [0.15, 0.2) is 30.6 Å². The summed E-state index contributed by atoms with van der Waals surface area (Å²) in [5.41, 5.74) is 2.65. The molecule has 2 aromatic heterocycles. The summed E-state index contributed by atoms with van der Waals surface area (Å²) >= 11 is 1.39. The molecular weight excluding hydrogens is 338 g/mol. The number of benzene rings is 1. The van der Waals surface area contributed by atoms with Crippen molar-refractivity contribution >= 4 is 44.2 Å². The molecule has 1 aliphatic rings. The van der Waals surface area contributed by atoms with Crippen LogP contribution in [-0.2, 0) is 16.6 Å². The Kier molecular flexibility index (Phi) is 3.76. The molecule has 8 heteroatoms. The molecule has 2 atom stereocenters. The first-order chi connectivity index (χ1) is 12.0. The predicted octanol–water partition coefficient (Wildman–Crippen LogP) is 2.73. The van der Waals surface area contributed by atoms with Crippen molar-refractivity contribution in [3.8, 4) is 0 Å². The number of carbonyl (C=O) groups excluding carboxylic acids is 2. The number of aromatic nitrogens is 3. The van der Waals surface area contributed by atoms with Gasteiger partial charge in [-0.15, -0.1) is 0 Å². The second kappa shape index (κ2) is 5.96. The molecule has 25 heavy (non-hydrogen) atoms. The zero-order chi connectivity index (χ0) is 17.6. The Labute approximate surface area is 148 Å². The van der Waals surface area contributed by atoms with Gasteiger partial charge < -0.3 is 10.6 Å². The lowest BCUT2D eigenvalue weighted by atomic mass is 10.2. The van der Waals surface area contributed by atoms with Crippen LogP contribution in [0.25, 0.3) is 10.2 Å². The fourth-order valence-corrected chi connectivity index (χ4v) is 3.88. The number of thiazole rings is 1. The average molecular weight is 355 g/mol. The molecule has 1 fully saturated rings. The van der Waals surface area contributed by atoms with E-state index in [-0.39, 0.29) is 23.7 Å². The second-order valence-corrected chi connectivity index (χ2v) is 7.30. The number of amides is 2. The van der Waals surface area contributed by atoms with Crippen molar-refractivity contribution in [3.05, 3.63) is 36.2 Å². The highest BCUT2D eigenvalue weighted by molar-refractivity contribution is 7.22. The van der Waals surface area contributed by atoms with Gasteiger partial charge in [-0.2, -0.15) is 5.10 Å². The van der Waals surface area contributed by atoms with Gasteiger partial charge in [0, 0.05) is 31.8 Å². The molecule has 1 aromatic carbocycles. The number of rotatable bonds is 4. The van der Waals surface area contributed by atoms with Crippen LogP contribution in [-0.4, -0.2) is 26.6 Å². The summed E-state index contributed by atoms with van der Waals surface area (Å²) in [5, 5.41) is 10.4. The summed E-state index contributed by atoms with van der Waals surface area (Å²) in [6.45, 7) is 1.45. The highest BCUT2D eigenvalue weighted by Gasteiger charge is 2.44. The molecule has 2 heterocycles. The van der Waals surface area contributed by atoms with E-state index in [1.165, 1.54) is 18.3 Å². The van der Waals surface area contributed by atoms with E-state index < -0.39 is 0 Å². The highest BCUT2D eigenvalue weighted by atomic mass is 32.1. The van der Waals surface area contributed by atoms with Gasteiger partial charge in [-0.1, -0.05) is 11.3 Å². The molecule has 0 spiro atoms. The molecule has 4 rings (SSSR count). The average Bonchev–Trinajstić information content (AvgIpc) is 3.08. The molecule has 2 unspecified atom stereocenters. The van der Waals surface area contributed by atoms with Gasteiger partial charge >= 0.3 is 0 Å². The van der Waals surface area contributed by atoms with E-state index in [1.807, 2.05) is 37.6 Å². The molecule has 1 saturated carbocycles. The Morgan fingerprint density at radius 2 is 2.16 bits per heavy atom. The zero-order valence-corrected chi connectivity index (χ0v) is 14.6. The third-order valence-corrected chi connectivity index (χ3v) is 5.15. The van der Waals surface area contributed by atoms with Gasteiger partial charge in [-0.3, -0.25) is 14.3 Å². The van der Waals surface area contributed by atoms with Crippen molar-refractivity contribution in [3.63, 3.8) is 0 Å². The van der Waals surface area contributed by atoms with Gasteiger partial charge in [-0.05, 0) is 36.1 Å². The van der Waals surface area contributed by atoms with E-state index in [0.717, 1.165) is 27.9 Å². The van der Waals surface area contributed by atoms with Crippen LogP contribution in [0.4, 0.5) is 10.8 Å². The topological polar surface area (TPSA) is 88.9 Å². The standard InChI is InChI=1S/C17H17N5O2S/c1-9(23)19-17-21-14-4-3-11(5-15(14)25-17)20-16(24)13-6-12(13)10-7-18-22(2)8-10/h3-5,7-8,12-13H,6H2,1-2H3,(H,20,24)(H,19,21,23). The molecule has 0 saturated heterocycles. The van der Waals surface area contributed by atoms with E-state index in [4.69, 9.17) is 0 Å². The summed E-state index contributed by atoms with van der Waals surface area (Å²) in [6, 6.07) is 5.56. The maximum absolute atomic E-state index is 12.4. The highest BCUT2D eigenvalue weighted by Crippen LogP contribution is 2.47. The third-order valence-electron chi connectivity index (χ3n) is 4.22. The van der Waals surface area contributed by atoms with Crippen molar-refractivity contribution < 1.29 is 9.59 Å². The largest absolute Gasteiger partial charge is 0.326 e. The van der Waals surface area contributed by atoms with Crippen LogP contribution in [0.2, 0.25) is 0 Å². The Balaban J connectivity index is 1.45. The van der Waals surface area contributed by atoms with Crippen LogP contribution >= 0.6 is 11.3 Å². The molecule has 0 bridgehead atoms. The molecule has 3 aromatic rings. The Morgan fingerprint density at radius 1 is 1.32 bits per heavy atom. The van der Waals surface area contributed by atoms with Gasteiger partial charge in [0.1, 0.15) is 0 Å². The minimum atomic E-state index is -0.150. The van der Waals surface area contributed by atoms with Gasteiger partial charge in [0.15, 0.2) is 5.13 Å². The lowest BCUT2D eigenvalue weighted by Gasteiger charge is -2.04. The molecule has 0 aliphatic heterocycles. The minimum Gasteiger partial charge on any atom is -0.326 e. The van der Waals surface area contributed by atoms with Gasteiger partial charge in [-0.25, -0.2) is 4.98 Å². The lowest BCUT2D eigenvalue weighted by Crippen LogP contribution is -2.14.